The van der Waals surface area contributed by atoms with Crippen LogP contribution >= 0.6 is 0 Å². The summed E-state index contributed by atoms with van der Waals surface area (Å²) in [6.07, 6.45) is 16.7. The highest BCUT2D eigenvalue weighted by atomic mass is 16.5. The quantitative estimate of drug-likeness (QED) is 0.610. The Morgan fingerprint density at radius 2 is 1.74 bits per heavy atom. The van der Waals surface area contributed by atoms with Crippen molar-refractivity contribution in [2.45, 2.75) is 77.2 Å². The summed E-state index contributed by atoms with van der Waals surface area (Å²) in [6.45, 7) is 6.00. The van der Waals surface area contributed by atoms with Gasteiger partial charge in [-0.15, -0.1) is 0 Å². The van der Waals surface area contributed by atoms with Gasteiger partial charge in [-0.1, -0.05) is 39.2 Å². The first-order chi connectivity index (χ1) is 9.24. The van der Waals surface area contributed by atoms with Gasteiger partial charge in [0.25, 0.3) is 0 Å². The van der Waals surface area contributed by atoms with E-state index in [1.807, 2.05) is 0 Å². The van der Waals surface area contributed by atoms with Crippen LogP contribution in [0.25, 0.3) is 0 Å². The van der Waals surface area contributed by atoms with Crippen LogP contribution in [0.5, 0.6) is 0 Å². The number of hydrogen-bond donors (Lipinski definition) is 0. The summed E-state index contributed by atoms with van der Waals surface area (Å²) in [5.41, 5.74) is 0.707. The largest absolute Gasteiger partial charge is 0.499 e. The van der Waals surface area contributed by atoms with Crippen LogP contribution in [-0.4, -0.2) is 6.10 Å². The van der Waals surface area contributed by atoms with E-state index in [0.29, 0.717) is 11.5 Å². The van der Waals surface area contributed by atoms with Crippen LogP contribution in [0.1, 0.15) is 71.1 Å². The van der Waals surface area contributed by atoms with Gasteiger partial charge in [0.2, 0.25) is 0 Å². The first kappa shape index (κ1) is 13.5. The molecule has 0 atom stereocenters. The molecule has 1 heteroatoms. The SMILES string of the molecule is C=COC1CC2(C1)CC(C1CCC(CCC)CC1)C2. The molecule has 3 aliphatic carbocycles. The van der Waals surface area contributed by atoms with E-state index in [2.05, 4.69) is 13.5 Å². The van der Waals surface area contributed by atoms with E-state index in [0.717, 1.165) is 17.8 Å². The van der Waals surface area contributed by atoms with Crippen molar-refractivity contribution < 1.29 is 4.74 Å². The highest BCUT2D eigenvalue weighted by Crippen LogP contribution is 2.62. The molecule has 0 aliphatic heterocycles. The molecular formula is C18H30O. The van der Waals surface area contributed by atoms with Crippen LogP contribution in [-0.2, 0) is 4.74 Å². The molecule has 0 aromatic rings. The normalized spacial score (nSPS) is 45.3. The number of ether oxygens (including phenoxy) is 1. The first-order valence-electron chi connectivity index (χ1n) is 8.51. The van der Waals surface area contributed by atoms with Gasteiger partial charge in [0.1, 0.15) is 0 Å². The minimum atomic E-state index is 0.499. The van der Waals surface area contributed by atoms with Crippen molar-refractivity contribution in [3.63, 3.8) is 0 Å². The minimum absolute atomic E-state index is 0.499. The van der Waals surface area contributed by atoms with E-state index in [-0.39, 0.29) is 0 Å². The zero-order chi connectivity index (χ0) is 13.3. The Balaban J connectivity index is 1.37. The van der Waals surface area contributed by atoms with Crippen LogP contribution in [0.15, 0.2) is 12.8 Å². The molecule has 3 fully saturated rings. The van der Waals surface area contributed by atoms with Crippen LogP contribution in [0.3, 0.4) is 0 Å². The van der Waals surface area contributed by atoms with Crippen molar-refractivity contribution in [2.75, 3.05) is 0 Å². The van der Waals surface area contributed by atoms with E-state index in [4.69, 9.17) is 4.74 Å². The predicted octanol–water partition coefficient (Wildman–Crippen LogP) is 5.31. The second kappa shape index (κ2) is 5.50. The maximum absolute atomic E-state index is 5.49. The fourth-order valence-corrected chi connectivity index (χ4v) is 5.21. The topological polar surface area (TPSA) is 9.23 Å². The lowest BCUT2D eigenvalue weighted by Crippen LogP contribution is -2.52. The van der Waals surface area contributed by atoms with Gasteiger partial charge in [0.05, 0.1) is 12.4 Å². The second-order valence-corrected chi connectivity index (χ2v) is 7.57. The third-order valence-electron chi connectivity index (χ3n) is 6.26. The molecule has 3 saturated carbocycles. The Morgan fingerprint density at radius 1 is 1.05 bits per heavy atom. The molecule has 0 bridgehead atoms. The Hall–Kier alpha value is -0.460. The number of rotatable bonds is 5. The summed E-state index contributed by atoms with van der Waals surface area (Å²) in [5.74, 6) is 3.19. The van der Waals surface area contributed by atoms with Gasteiger partial charge in [-0.2, -0.15) is 0 Å². The van der Waals surface area contributed by atoms with Gasteiger partial charge >= 0.3 is 0 Å². The van der Waals surface area contributed by atoms with Crippen molar-refractivity contribution in [1.82, 2.24) is 0 Å². The molecule has 0 heterocycles. The molecule has 19 heavy (non-hydrogen) atoms. The van der Waals surface area contributed by atoms with Gasteiger partial charge in [-0.3, -0.25) is 0 Å². The van der Waals surface area contributed by atoms with Crippen molar-refractivity contribution >= 4 is 0 Å². The zero-order valence-corrected chi connectivity index (χ0v) is 12.6. The van der Waals surface area contributed by atoms with E-state index in [1.165, 1.54) is 64.2 Å². The summed E-state index contributed by atoms with van der Waals surface area (Å²) in [4.78, 5) is 0. The zero-order valence-electron chi connectivity index (χ0n) is 12.6. The number of hydrogen-bond acceptors (Lipinski definition) is 1. The molecule has 1 nitrogen and oxygen atoms in total. The van der Waals surface area contributed by atoms with Gasteiger partial charge < -0.3 is 4.74 Å². The Labute approximate surface area is 118 Å². The Morgan fingerprint density at radius 3 is 2.32 bits per heavy atom. The van der Waals surface area contributed by atoms with Gasteiger partial charge in [0, 0.05) is 0 Å². The standard InChI is InChI=1S/C18H30O/c1-3-5-14-6-8-15(9-7-14)16-10-18(11-16)12-17(13-18)19-4-2/h4,14-17H,2-3,5-13H2,1H3. The lowest BCUT2D eigenvalue weighted by molar-refractivity contribution is -0.131. The molecule has 3 rings (SSSR count). The molecule has 0 unspecified atom stereocenters. The van der Waals surface area contributed by atoms with Crippen LogP contribution in [0.2, 0.25) is 0 Å². The minimum Gasteiger partial charge on any atom is -0.499 e. The molecular weight excluding hydrogens is 232 g/mol. The molecule has 0 aromatic carbocycles. The van der Waals surface area contributed by atoms with Gasteiger partial charge in [-0.25, -0.2) is 0 Å². The van der Waals surface area contributed by atoms with Crippen LogP contribution in [0.4, 0.5) is 0 Å². The Kier molecular flexibility index (Phi) is 3.91. The van der Waals surface area contributed by atoms with Crippen molar-refractivity contribution in [3.05, 3.63) is 12.8 Å². The van der Waals surface area contributed by atoms with Crippen molar-refractivity contribution in [3.8, 4) is 0 Å². The lowest BCUT2D eigenvalue weighted by Gasteiger charge is -2.59. The van der Waals surface area contributed by atoms with Gasteiger partial charge in [0.15, 0.2) is 0 Å². The van der Waals surface area contributed by atoms with Crippen molar-refractivity contribution in [2.24, 2.45) is 23.2 Å². The van der Waals surface area contributed by atoms with E-state index < -0.39 is 0 Å². The monoisotopic (exact) mass is 262 g/mol. The molecule has 1 spiro atoms. The van der Waals surface area contributed by atoms with E-state index in [9.17, 15) is 0 Å². The van der Waals surface area contributed by atoms with Crippen molar-refractivity contribution in [1.29, 1.82) is 0 Å². The average molecular weight is 262 g/mol. The highest BCUT2D eigenvalue weighted by molar-refractivity contribution is 5.05. The summed E-state index contributed by atoms with van der Waals surface area (Å²) in [6, 6.07) is 0. The van der Waals surface area contributed by atoms with E-state index in [1.54, 1.807) is 6.26 Å². The van der Waals surface area contributed by atoms with Gasteiger partial charge in [-0.05, 0) is 61.7 Å². The fourth-order valence-electron chi connectivity index (χ4n) is 5.21. The molecule has 0 amide bonds. The van der Waals surface area contributed by atoms with Crippen LogP contribution in [0, 0.1) is 23.2 Å². The third-order valence-corrected chi connectivity index (χ3v) is 6.26. The molecule has 0 aromatic heterocycles. The summed E-state index contributed by atoms with van der Waals surface area (Å²) in [5, 5.41) is 0. The maximum Gasteiger partial charge on any atom is 0.0988 e. The first-order valence-corrected chi connectivity index (χ1v) is 8.51. The predicted molar refractivity (Wildman–Crippen MR) is 79.8 cm³/mol. The summed E-state index contributed by atoms with van der Waals surface area (Å²) >= 11 is 0. The molecule has 108 valence electrons. The lowest BCUT2D eigenvalue weighted by atomic mass is 9.47. The fraction of sp³-hybridized carbons (Fsp3) is 0.889. The molecule has 0 saturated heterocycles. The average Bonchev–Trinajstić information content (AvgIpc) is 2.32. The second-order valence-electron chi connectivity index (χ2n) is 7.57. The molecule has 0 radical (unpaired) electrons. The Bertz CT molecular complexity index is 300. The maximum atomic E-state index is 5.49. The van der Waals surface area contributed by atoms with Crippen LogP contribution < -0.4 is 0 Å². The molecule has 3 aliphatic rings. The summed E-state index contributed by atoms with van der Waals surface area (Å²) in [7, 11) is 0. The third kappa shape index (κ3) is 2.71. The highest BCUT2D eigenvalue weighted by Gasteiger charge is 2.55. The summed E-state index contributed by atoms with van der Waals surface area (Å²) < 4.78 is 5.49. The smallest absolute Gasteiger partial charge is 0.0988 e. The molecule has 0 N–H and O–H groups in total. The van der Waals surface area contributed by atoms with E-state index >= 15 is 0 Å².